The number of aryl methyl sites for hydroxylation is 2. The van der Waals surface area contributed by atoms with Gasteiger partial charge in [-0.25, -0.2) is 10.2 Å². The molecule has 1 aromatic carbocycles. The van der Waals surface area contributed by atoms with Gasteiger partial charge in [0.2, 0.25) is 0 Å². The van der Waals surface area contributed by atoms with E-state index in [0.29, 0.717) is 56.7 Å². The van der Waals surface area contributed by atoms with Gasteiger partial charge < -0.3 is 25.1 Å². The molecule has 0 spiro atoms. The summed E-state index contributed by atoms with van der Waals surface area (Å²) in [5.41, 5.74) is 10.8. The van der Waals surface area contributed by atoms with E-state index in [-0.39, 0.29) is 65.1 Å². The van der Waals surface area contributed by atoms with Crippen LogP contribution in [-0.2, 0) is 30.9 Å². The molecule has 6 rings (SSSR count). The molecule has 0 aliphatic carbocycles. The van der Waals surface area contributed by atoms with Crippen LogP contribution >= 0.6 is 0 Å². The number of carbonyl (C=O) groups is 5. The second kappa shape index (κ2) is 17.1. The Bertz CT molecular complexity index is 2720. The van der Waals surface area contributed by atoms with E-state index in [9.17, 15) is 42.0 Å². The van der Waals surface area contributed by atoms with Crippen molar-refractivity contribution in [3.05, 3.63) is 93.1 Å². The van der Waals surface area contributed by atoms with Gasteiger partial charge >= 0.3 is 18.0 Å². The number of ketones is 1. The van der Waals surface area contributed by atoms with E-state index in [1.54, 1.807) is 6.92 Å². The molecular weight excluding hydrogens is 795 g/mol. The van der Waals surface area contributed by atoms with E-state index in [1.165, 1.54) is 26.2 Å². The molecule has 0 saturated heterocycles. The smallest absolute Gasteiger partial charge is 0.337 e. The van der Waals surface area contributed by atoms with Crippen LogP contribution in [0.3, 0.4) is 0 Å². The fourth-order valence-corrected chi connectivity index (χ4v) is 8.73. The zero-order valence-electron chi connectivity index (χ0n) is 34.1. The first-order valence-corrected chi connectivity index (χ1v) is 20.8. The van der Waals surface area contributed by atoms with Gasteiger partial charge in [0.25, 0.3) is 16.0 Å². The number of hydrogen-bond acceptors (Lipinski definition) is 10. The maximum absolute atomic E-state index is 14.3. The lowest BCUT2D eigenvalue weighted by atomic mass is 9.85. The molecule has 60 heavy (non-hydrogen) atoms. The van der Waals surface area contributed by atoms with Gasteiger partial charge in [-0.3, -0.25) is 39.1 Å². The Morgan fingerprint density at radius 1 is 0.850 bits per heavy atom. The summed E-state index contributed by atoms with van der Waals surface area (Å²) >= 11 is 0. The maximum Gasteiger partial charge on any atom is 0.337 e. The summed E-state index contributed by atoms with van der Waals surface area (Å²) in [5.74, 6) is -3.68. The second-order valence-electron chi connectivity index (χ2n) is 15.1. The van der Waals surface area contributed by atoms with Crippen LogP contribution in [0, 0.1) is 13.8 Å². The number of hydrogen-bond donors (Lipinski definition) is 7. The number of amides is 3. The molecule has 0 unspecified atom stereocenters. The number of aromatic nitrogens is 4. The Kier molecular flexibility index (Phi) is 12.3. The molecule has 17 nitrogen and oxygen atoms in total. The number of fused-ring (bicyclic) bond motifs is 8. The van der Waals surface area contributed by atoms with Gasteiger partial charge in [-0.05, 0) is 81.1 Å². The van der Waals surface area contributed by atoms with Crippen molar-refractivity contribution in [3.8, 4) is 0 Å². The van der Waals surface area contributed by atoms with Crippen LogP contribution in [0.4, 0.5) is 10.5 Å². The Hall–Kier alpha value is -6.40. The van der Waals surface area contributed by atoms with Gasteiger partial charge in [0, 0.05) is 75.0 Å². The van der Waals surface area contributed by atoms with Crippen molar-refractivity contribution in [1.29, 1.82) is 0 Å². The minimum atomic E-state index is -4.56. The second-order valence-corrected chi connectivity index (χ2v) is 16.6. The first kappa shape index (κ1) is 43.2. The Labute approximate surface area is 345 Å². The van der Waals surface area contributed by atoms with Gasteiger partial charge in [0.15, 0.2) is 5.78 Å². The number of anilines is 1. The molecule has 18 heteroatoms. The number of ether oxygens (including phenoxy) is 1. The van der Waals surface area contributed by atoms with E-state index in [4.69, 9.17) is 14.7 Å². The number of rotatable bonds is 10. The van der Waals surface area contributed by atoms with Crippen molar-refractivity contribution in [2.24, 2.45) is 0 Å². The van der Waals surface area contributed by atoms with E-state index >= 15 is 0 Å². The van der Waals surface area contributed by atoms with Crippen LogP contribution in [-0.4, -0.2) is 74.8 Å². The highest BCUT2D eigenvalue weighted by Crippen LogP contribution is 2.43. The largest absolute Gasteiger partial charge is 0.481 e. The number of aliphatic carboxylic acids is 1. The molecule has 7 N–H and O–H groups in total. The lowest BCUT2D eigenvalue weighted by Crippen LogP contribution is -2.44. The van der Waals surface area contributed by atoms with Gasteiger partial charge in [0.1, 0.15) is 0 Å². The van der Waals surface area contributed by atoms with Gasteiger partial charge in [-0.2, -0.15) is 8.42 Å². The van der Waals surface area contributed by atoms with E-state index in [2.05, 4.69) is 33.1 Å². The molecule has 4 aromatic rings. The fourth-order valence-electron chi connectivity index (χ4n) is 8.20. The molecule has 0 saturated carbocycles. The zero-order valence-corrected chi connectivity index (χ0v) is 35.0. The molecule has 2 aliphatic rings. The van der Waals surface area contributed by atoms with Crippen LogP contribution in [0.2, 0.25) is 0 Å². The van der Waals surface area contributed by atoms with Gasteiger partial charge in [-0.15, -0.1) is 0 Å². The highest BCUT2D eigenvalue weighted by Gasteiger charge is 2.34. The van der Waals surface area contributed by atoms with E-state index in [1.807, 2.05) is 39.0 Å². The molecule has 5 heterocycles. The normalized spacial score (nSPS) is 17.5. The number of urea groups is 1. The quantitative estimate of drug-likeness (QED) is 0.0385. The number of aromatic amines is 2. The molecule has 2 aliphatic heterocycles. The van der Waals surface area contributed by atoms with Gasteiger partial charge in [0.05, 0.1) is 40.7 Å². The molecular formula is C42H47N7O10S. The standard InChI is InChI=1S/C42H47N7O10S/c1-8-26-19(2)29-18-34-37(23(6)50)21(4)31(45-34)16-30-20(3)27(12-13-35(51)52)39(46-30)28(15-36(53)59-7)40-38(22(5)32(47-40)17-33(26)44-29)41(54)48-49-42(55)43-24-10-9-11-25(14-24)60(56,57)58/h9-11,14,16-20,26-27,45,47H,8,12-13,15H2,1-7H3,(H,48,54)(H,51,52)(H2,43,49,55)(H,56,57,58)/t19-,20+,26-,27+/m1/s1. The minimum Gasteiger partial charge on any atom is -0.481 e. The number of benzene rings is 1. The highest BCUT2D eigenvalue weighted by atomic mass is 32.2. The lowest BCUT2D eigenvalue weighted by molar-refractivity contribution is -0.140. The van der Waals surface area contributed by atoms with Crippen molar-refractivity contribution in [2.45, 2.75) is 95.8 Å². The minimum absolute atomic E-state index is 0.00297. The number of H-pyrrole nitrogens is 2. The van der Waals surface area contributed by atoms with Crippen LogP contribution in [0.1, 0.15) is 131 Å². The van der Waals surface area contributed by atoms with Crippen LogP contribution < -0.4 is 16.2 Å². The van der Waals surface area contributed by atoms with Crippen LogP contribution in [0.5, 0.6) is 0 Å². The summed E-state index contributed by atoms with van der Waals surface area (Å²) in [5, 5.41) is 12.2. The summed E-state index contributed by atoms with van der Waals surface area (Å²) in [6.45, 7) is 11.0. The number of hydrazine groups is 1. The van der Waals surface area contributed by atoms with Crippen molar-refractivity contribution in [2.75, 3.05) is 12.4 Å². The van der Waals surface area contributed by atoms with Crippen molar-refractivity contribution >= 4 is 67.5 Å². The predicted molar refractivity (Wildman–Crippen MR) is 222 cm³/mol. The molecule has 4 atom stereocenters. The molecule has 316 valence electrons. The van der Waals surface area contributed by atoms with Crippen molar-refractivity contribution < 1.29 is 46.8 Å². The average molecular weight is 842 g/mol. The molecule has 3 amide bonds. The summed E-state index contributed by atoms with van der Waals surface area (Å²) in [6.07, 6.45) is 0.240. The molecule has 0 fully saturated rings. The number of nitrogens with one attached hydrogen (secondary N) is 5. The number of carbonyl (C=O) groups excluding carboxylic acids is 4. The third-order valence-electron chi connectivity index (χ3n) is 11.4. The number of carboxylic acid groups (broad SMARTS) is 1. The monoisotopic (exact) mass is 841 g/mol. The SMILES string of the molecule is CC[C@H]1c2cc3[nH]c(c(CC(=O)OC)c4nc(cc5[nH]c(cc(n2)[C@@H]1C)c(C(C)=O)c5C)[C@@H](C)[C@@H]4CCC(=O)O)c(C(=O)NNC(=O)Nc1cccc(S(=O)(=O)O)c1)c3C. The molecule has 0 radical (unpaired) electrons. The molecule has 8 bridgehead atoms. The van der Waals surface area contributed by atoms with E-state index < -0.39 is 44.8 Å². The summed E-state index contributed by atoms with van der Waals surface area (Å²) in [7, 11) is -3.34. The van der Waals surface area contributed by atoms with Crippen molar-refractivity contribution in [3.63, 3.8) is 0 Å². The first-order valence-electron chi connectivity index (χ1n) is 19.3. The Balaban J connectivity index is 1.63. The number of nitrogens with zero attached hydrogens (tertiary/aromatic N) is 2. The van der Waals surface area contributed by atoms with Crippen LogP contribution in [0.25, 0.3) is 22.1 Å². The zero-order chi connectivity index (χ0) is 43.8. The topological polar surface area (TPSA) is 263 Å². The third-order valence-corrected chi connectivity index (χ3v) is 12.2. The maximum atomic E-state index is 14.3. The fraction of sp³-hybridized carbons (Fsp3) is 0.357. The number of methoxy groups -OCH3 is 1. The summed E-state index contributed by atoms with van der Waals surface area (Å²) in [6, 6.07) is 9.44. The number of esters is 1. The highest BCUT2D eigenvalue weighted by molar-refractivity contribution is 7.85. The summed E-state index contributed by atoms with van der Waals surface area (Å²) < 4.78 is 37.8. The third kappa shape index (κ3) is 8.65. The predicted octanol–water partition coefficient (Wildman–Crippen LogP) is 6.61. The van der Waals surface area contributed by atoms with Crippen LogP contribution in [0.15, 0.2) is 47.4 Å². The first-order chi connectivity index (χ1) is 28.3. The average Bonchev–Trinajstić information content (AvgIpc) is 3.87. The Morgan fingerprint density at radius 3 is 2.13 bits per heavy atom. The van der Waals surface area contributed by atoms with Gasteiger partial charge in [-0.1, -0.05) is 26.8 Å². The number of carboxylic acids is 1. The molecule has 3 aromatic heterocycles. The lowest BCUT2D eigenvalue weighted by Gasteiger charge is -2.17. The van der Waals surface area contributed by atoms with Crippen molar-refractivity contribution in [1.82, 2.24) is 30.8 Å². The number of Topliss-reactive ketones (excluding diaryl/α,β-unsaturated/α-hetero) is 1. The Morgan fingerprint density at radius 2 is 1.48 bits per heavy atom. The summed E-state index contributed by atoms with van der Waals surface area (Å²) in [4.78, 5) is 82.1. The van der Waals surface area contributed by atoms with E-state index in [0.717, 1.165) is 17.8 Å².